The van der Waals surface area contributed by atoms with E-state index in [0.717, 1.165) is 0 Å². The molecule has 0 unspecified atom stereocenters. The Balaban J connectivity index is 2.18. The number of para-hydroxylation sites is 1. The molecule has 0 atom stereocenters. The van der Waals surface area contributed by atoms with Gasteiger partial charge in [0, 0.05) is 31.6 Å². The van der Waals surface area contributed by atoms with E-state index in [0.29, 0.717) is 24.3 Å². The zero-order valence-electron chi connectivity index (χ0n) is 17.9. The average Bonchev–Trinajstić information content (AvgIpc) is 2.73. The van der Waals surface area contributed by atoms with E-state index in [9.17, 15) is 18.0 Å². The third-order valence-corrected chi connectivity index (χ3v) is 7.09. The predicted octanol–water partition coefficient (Wildman–Crippen LogP) is 3.61. The first-order chi connectivity index (χ1) is 14.6. The fourth-order valence-electron chi connectivity index (χ4n) is 2.75. The maximum absolute atomic E-state index is 13.3. The third kappa shape index (κ3) is 6.70. The Morgan fingerprint density at radius 1 is 1.03 bits per heavy atom. The minimum Gasteiger partial charge on any atom is -0.356 e. The van der Waals surface area contributed by atoms with Crippen LogP contribution in [-0.4, -0.2) is 39.2 Å². The molecule has 0 saturated carbocycles. The fraction of sp³-hybridized carbons (Fsp3) is 0.364. The van der Waals surface area contributed by atoms with Crippen LogP contribution in [0.5, 0.6) is 0 Å². The Labute approximate surface area is 188 Å². The van der Waals surface area contributed by atoms with Crippen LogP contribution in [0.1, 0.15) is 27.2 Å². The molecule has 0 saturated heterocycles. The molecule has 7 nitrogen and oxygen atoms in total. The minimum absolute atomic E-state index is 0.109. The molecule has 168 valence electrons. The maximum atomic E-state index is 13.3. The lowest BCUT2D eigenvalue weighted by atomic mass is 9.95. The van der Waals surface area contributed by atoms with E-state index in [-0.39, 0.29) is 29.1 Å². The van der Waals surface area contributed by atoms with Crippen molar-refractivity contribution in [1.29, 1.82) is 0 Å². The van der Waals surface area contributed by atoms with E-state index in [1.54, 1.807) is 50.2 Å². The van der Waals surface area contributed by atoms with E-state index in [2.05, 4.69) is 10.6 Å². The molecule has 0 fully saturated rings. The highest BCUT2D eigenvalue weighted by molar-refractivity contribution is 7.92. The third-order valence-electron chi connectivity index (χ3n) is 4.58. The zero-order chi connectivity index (χ0) is 23.1. The lowest BCUT2D eigenvalue weighted by molar-refractivity contribution is -0.128. The molecule has 2 N–H and O–H groups in total. The van der Waals surface area contributed by atoms with Gasteiger partial charge in [-0.25, -0.2) is 8.42 Å². The number of nitrogens with zero attached hydrogens (tertiary/aromatic N) is 1. The molecule has 0 aliphatic rings. The second-order valence-electron chi connectivity index (χ2n) is 7.75. The van der Waals surface area contributed by atoms with Crippen molar-refractivity contribution in [2.24, 2.45) is 5.41 Å². The predicted molar refractivity (Wildman–Crippen MR) is 124 cm³/mol. The van der Waals surface area contributed by atoms with Crippen LogP contribution in [0.15, 0.2) is 59.5 Å². The number of halogens is 1. The summed E-state index contributed by atoms with van der Waals surface area (Å²) in [4.78, 5) is 23.5. The van der Waals surface area contributed by atoms with Gasteiger partial charge in [0.1, 0.15) is 0 Å². The van der Waals surface area contributed by atoms with E-state index in [4.69, 9.17) is 11.6 Å². The molecule has 9 heteroatoms. The maximum Gasteiger partial charge on any atom is 0.264 e. The van der Waals surface area contributed by atoms with Gasteiger partial charge in [0.2, 0.25) is 11.8 Å². The van der Waals surface area contributed by atoms with Crippen LogP contribution in [0.4, 0.5) is 11.4 Å². The summed E-state index contributed by atoms with van der Waals surface area (Å²) in [6.07, 6.45) is 0.419. The Morgan fingerprint density at radius 2 is 1.65 bits per heavy atom. The van der Waals surface area contributed by atoms with Crippen molar-refractivity contribution in [3.8, 4) is 0 Å². The molecule has 2 amide bonds. The van der Waals surface area contributed by atoms with E-state index >= 15 is 0 Å². The molecular formula is C22H28ClN3O4S. The number of amides is 2. The molecule has 0 aliphatic carbocycles. The Bertz CT molecular complexity index is 993. The van der Waals surface area contributed by atoms with Crippen molar-refractivity contribution in [2.45, 2.75) is 32.1 Å². The second kappa shape index (κ2) is 10.6. The van der Waals surface area contributed by atoms with Crippen LogP contribution in [0.2, 0.25) is 0 Å². The standard InChI is InChI=1S/C22H28ClN3O4S/c1-17(27)25-18-10-12-20(13-11-18)31(29,30)26(19-8-5-4-6-9-19)15-7-14-24-21(28)22(2,3)16-23/h4-6,8-13H,7,14-16H2,1-3H3,(H,24,28)(H,25,27). The smallest absolute Gasteiger partial charge is 0.264 e. The first kappa shape index (κ1) is 24.7. The van der Waals surface area contributed by atoms with Gasteiger partial charge in [-0.2, -0.15) is 0 Å². The highest BCUT2D eigenvalue weighted by Crippen LogP contribution is 2.25. The van der Waals surface area contributed by atoms with Crippen molar-refractivity contribution < 1.29 is 18.0 Å². The number of rotatable bonds is 10. The normalized spacial score (nSPS) is 11.6. The second-order valence-corrected chi connectivity index (χ2v) is 9.87. The van der Waals surface area contributed by atoms with Crippen LogP contribution in [0.3, 0.4) is 0 Å². The molecule has 0 spiro atoms. The number of hydrogen-bond donors (Lipinski definition) is 2. The lowest BCUT2D eigenvalue weighted by Crippen LogP contribution is -2.40. The molecule has 31 heavy (non-hydrogen) atoms. The summed E-state index contributed by atoms with van der Waals surface area (Å²) in [6, 6.07) is 14.8. The van der Waals surface area contributed by atoms with Gasteiger partial charge in [-0.1, -0.05) is 18.2 Å². The molecule has 0 bridgehead atoms. The molecule has 2 aromatic carbocycles. The van der Waals surface area contributed by atoms with Crippen molar-refractivity contribution in [3.05, 3.63) is 54.6 Å². The number of benzene rings is 2. The quantitative estimate of drug-likeness (QED) is 0.414. The van der Waals surface area contributed by atoms with Crippen molar-refractivity contribution >= 4 is 44.8 Å². The van der Waals surface area contributed by atoms with Gasteiger partial charge in [-0.05, 0) is 56.7 Å². The molecular weight excluding hydrogens is 438 g/mol. The number of sulfonamides is 1. The zero-order valence-corrected chi connectivity index (χ0v) is 19.5. The van der Waals surface area contributed by atoms with Gasteiger partial charge in [-0.15, -0.1) is 11.6 Å². The molecule has 0 aliphatic heterocycles. The number of carbonyl (C=O) groups excluding carboxylic acids is 2. The number of alkyl halides is 1. The summed E-state index contributed by atoms with van der Waals surface area (Å²) < 4.78 is 28.0. The van der Waals surface area contributed by atoms with Crippen molar-refractivity contribution in [3.63, 3.8) is 0 Å². The Kier molecular flexibility index (Phi) is 8.47. The van der Waals surface area contributed by atoms with Crippen LogP contribution in [0.25, 0.3) is 0 Å². The summed E-state index contributed by atoms with van der Waals surface area (Å²) in [6.45, 7) is 5.39. The van der Waals surface area contributed by atoms with E-state index in [1.807, 2.05) is 6.07 Å². The number of carbonyl (C=O) groups is 2. The van der Waals surface area contributed by atoms with Crippen molar-refractivity contribution in [1.82, 2.24) is 5.32 Å². The number of anilines is 2. The minimum atomic E-state index is -3.85. The van der Waals surface area contributed by atoms with E-state index in [1.165, 1.54) is 23.4 Å². The highest BCUT2D eigenvalue weighted by atomic mass is 35.5. The summed E-state index contributed by atoms with van der Waals surface area (Å²) >= 11 is 5.83. The van der Waals surface area contributed by atoms with Gasteiger partial charge in [0.05, 0.1) is 16.0 Å². The van der Waals surface area contributed by atoms with Gasteiger partial charge in [0.25, 0.3) is 10.0 Å². The van der Waals surface area contributed by atoms with Crippen LogP contribution in [0, 0.1) is 5.41 Å². The number of hydrogen-bond acceptors (Lipinski definition) is 4. The number of nitrogens with one attached hydrogen (secondary N) is 2. The van der Waals surface area contributed by atoms with Gasteiger partial charge in [0.15, 0.2) is 0 Å². The van der Waals surface area contributed by atoms with Crippen LogP contribution in [-0.2, 0) is 19.6 Å². The molecule has 2 rings (SSSR count). The Hall–Kier alpha value is -2.58. The van der Waals surface area contributed by atoms with Gasteiger partial charge < -0.3 is 10.6 Å². The molecule has 2 aromatic rings. The van der Waals surface area contributed by atoms with Crippen molar-refractivity contribution in [2.75, 3.05) is 28.6 Å². The van der Waals surface area contributed by atoms with E-state index < -0.39 is 15.4 Å². The summed E-state index contributed by atoms with van der Waals surface area (Å²) in [7, 11) is -3.85. The topological polar surface area (TPSA) is 95.6 Å². The first-order valence-corrected chi connectivity index (χ1v) is 11.8. The molecule has 0 heterocycles. The molecule has 0 aromatic heterocycles. The lowest BCUT2D eigenvalue weighted by Gasteiger charge is -2.25. The first-order valence-electron chi connectivity index (χ1n) is 9.87. The summed E-state index contributed by atoms with van der Waals surface area (Å²) in [5.74, 6) is -0.219. The Morgan fingerprint density at radius 3 is 2.19 bits per heavy atom. The van der Waals surface area contributed by atoms with Gasteiger partial charge in [-0.3, -0.25) is 13.9 Å². The SMILES string of the molecule is CC(=O)Nc1ccc(S(=O)(=O)N(CCCNC(=O)C(C)(C)CCl)c2ccccc2)cc1. The fourth-order valence-corrected chi connectivity index (χ4v) is 4.37. The molecule has 0 radical (unpaired) electrons. The summed E-state index contributed by atoms with van der Waals surface area (Å²) in [5, 5.41) is 5.43. The average molecular weight is 466 g/mol. The monoisotopic (exact) mass is 465 g/mol. The van der Waals surface area contributed by atoms with Crippen LogP contribution >= 0.6 is 11.6 Å². The summed E-state index contributed by atoms with van der Waals surface area (Å²) in [5.41, 5.74) is 0.353. The largest absolute Gasteiger partial charge is 0.356 e. The van der Waals surface area contributed by atoms with Crippen LogP contribution < -0.4 is 14.9 Å². The highest BCUT2D eigenvalue weighted by Gasteiger charge is 2.27. The van der Waals surface area contributed by atoms with Gasteiger partial charge >= 0.3 is 0 Å².